The molecule has 134 valence electrons. The van der Waals surface area contributed by atoms with Crippen LogP contribution in [-0.2, 0) is 5.41 Å². The monoisotopic (exact) mass is 348 g/mol. The maximum atomic E-state index is 6.35. The number of rotatable bonds is 6. The molecule has 0 radical (unpaired) electrons. The van der Waals surface area contributed by atoms with Gasteiger partial charge in [0.1, 0.15) is 11.9 Å². The van der Waals surface area contributed by atoms with Crippen LogP contribution in [0.4, 0.5) is 0 Å². The summed E-state index contributed by atoms with van der Waals surface area (Å²) in [5.74, 6) is 1.82. The van der Waals surface area contributed by atoms with E-state index in [1.807, 2.05) is 0 Å². The number of para-hydroxylation sites is 1. The minimum atomic E-state index is 0.0154. The fourth-order valence-electron chi connectivity index (χ4n) is 3.17. The first-order valence-electron chi connectivity index (χ1n) is 8.89. The fourth-order valence-corrected chi connectivity index (χ4v) is 3.45. The van der Waals surface area contributed by atoms with Crippen molar-refractivity contribution in [3.8, 4) is 5.75 Å². The first kappa shape index (κ1) is 19.2. The molecule has 0 saturated carbocycles. The van der Waals surface area contributed by atoms with E-state index in [0.29, 0.717) is 0 Å². The molecule has 1 heterocycles. The van der Waals surface area contributed by atoms with Gasteiger partial charge in [-0.05, 0) is 29.2 Å². The molecule has 0 bridgehead atoms. The molecule has 1 aliphatic heterocycles. The Morgan fingerprint density at radius 3 is 2.54 bits per heavy atom. The van der Waals surface area contributed by atoms with Gasteiger partial charge in [-0.2, -0.15) is 12.6 Å². The fraction of sp³-hybridized carbons (Fsp3) is 0.600. The zero-order valence-electron chi connectivity index (χ0n) is 15.3. The van der Waals surface area contributed by atoms with E-state index in [1.165, 1.54) is 5.56 Å². The zero-order chi connectivity index (χ0) is 17.7. The maximum absolute atomic E-state index is 6.35. The first-order valence-corrected chi connectivity index (χ1v) is 9.52. The van der Waals surface area contributed by atoms with Crippen LogP contribution in [0.5, 0.6) is 5.75 Å². The van der Waals surface area contributed by atoms with Gasteiger partial charge in [0.2, 0.25) is 0 Å². The molecule has 1 atom stereocenters. The molecule has 1 aliphatic rings. The second-order valence-electron chi connectivity index (χ2n) is 7.66. The molecule has 1 unspecified atom stereocenters. The number of ether oxygens (including phenoxy) is 1. The van der Waals surface area contributed by atoms with Crippen LogP contribution in [0, 0.1) is 0 Å². The lowest BCUT2D eigenvalue weighted by Gasteiger charge is -2.37. The largest absolute Gasteiger partial charge is 0.490 e. The van der Waals surface area contributed by atoms with E-state index in [2.05, 4.69) is 69.1 Å². The Kier molecular flexibility index (Phi) is 6.64. The number of nitrogens with two attached hydrogens (primary N) is 1. The van der Waals surface area contributed by atoms with Crippen molar-refractivity contribution < 1.29 is 4.74 Å². The highest BCUT2D eigenvalue weighted by Gasteiger charge is 2.25. The van der Waals surface area contributed by atoms with Gasteiger partial charge in [-0.1, -0.05) is 45.5 Å². The van der Waals surface area contributed by atoms with Crippen molar-refractivity contribution in [1.82, 2.24) is 4.90 Å². The molecule has 0 spiro atoms. The van der Waals surface area contributed by atoms with Crippen LogP contribution in [0.15, 0.2) is 36.5 Å². The second-order valence-corrected chi connectivity index (χ2v) is 8.11. The molecule has 1 aromatic carbocycles. The van der Waals surface area contributed by atoms with E-state index < -0.39 is 0 Å². The molecule has 3 nitrogen and oxygen atoms in total. The average molecular weight is 349 g/mol. The molecule has 0 aliphatic carbocycles. The van der Waals surface area contributed by atoms with Crippen molar-refractivity contribution in [3.63, 3.8) is 0 Å². The number of hydrogen-bond acceptors (Lipinski definition) is 4. The number of likely N-dealkylation sites (tertiary alicyclic amines) is 1. The van der Waals surface area contributed by atoms with Gasteiger partial charge in [-0.15, -0.1) is 0 Å². The molecule has 2 rings (SSSR count). The molecule has 0 aromatic heterocycles. The Balaban J connectivity index is 1.94. The summed E-state index contributed by atoms with van der Waals surface area (Å²) in [6.07, 6.45) is 3.15. The molecule has 1 saturated heterocycles. The highest BCUT2D eigenvalue weighted by atomic mass is 32.1. The summed E-state index contributed by atoms with van der Waals surface area (Å²) in [6.45, 7) is 12.8. The van der Waals surface area contributed by atoms with E-state index in [-0.39, 0.29) is 17.6 Å². The van der Waals surface area contributed by atoms with Gasteiger partial charge in [-0.25, -0.2) is 0 Å². The topological polar surface area (TPSA) is 38.5 Å². The lowest BCUT2D eigenvalue weighted by atomic mass is 9.86. The molecule has 4 heteroatoms. The summed E-state index contributed by atoms with van der Waals surface area (Å²) in [7, 11) is 0. The van der Waals surface area contributed by atoms with E-state index in [1.54, 1.807) is 0 Å². The lowest BCUT2D eigenvalue weighted by molar-refractivity contribution is 0.112. The number of nitrogens with zero attached hydrogens (tertiary/aromatic N) is 1. The molecular formula is C20H32N2OS. The summed E-state index contributed by atoms with van der Waals surface area (Å²) in [5.41, 5.74) is 8.56. The van der Waals surface area contributed by atoms with Crippen LogP contribution in [0.2, 0.25) is 0 Å². The SMILES string of the molecule is C=C(C(N)CCS)N1CCC(Oc2ccccc2C(C)(C)C)CC1. The van der Waals surface area contributed by atoms with Crippen molar-refractivity contribution in [2.45, 2.75) is 57.6 Å². The van der Waals surface area contributed by atoms with Gasteiger partial charge >= 0.3 is 0 Å². The van der Waals surface area contributed by atoms with Gasteiger partial charge in [-0.3, -0.25) is 0 Å². The van der Waals surface area contributed by atoms with Gasteiger partial charge in [0.05, 0.1) is 0 Å². The Bertz CT molecular complexity index is 545. The maximum Gasteiger partial charge on any atom is 0.123 e. The third-order valence-corrected chi connectivity index (χ3v) is 4.96. The van der Waals surface area contributed by atoms with Crippen molar-refractivity contribution in [3.05, 3.63) is 42.1 Å². The van der Waals surface area contributed by atoms with Gasteiger partial charge in [0, 0.05) is 37.7 Å². The zero-order valence-corrected chi connectivity index (χ0v) is 16.2. The van der Waals surface area contributed by atoms with E-state index in [4.69, 9.17) is 10.5 Å². The lowest BCUT2D eigenvalue weighted by Crippen LogP contribution is -2.42. The summed E-state index contributed by atoms with van der Waals surface area (Å²) in [4.78, 5) is 2.31. The molecular weight excluding hydrogens is 316 g/mol. The van der Waals surface area contributed by atoms with E-state index >= 15 is 0 Å². The van der Waals surface area contributed by atoms with Crippen LogP contribution < -0.4 is 10.5 Å². The third kappa shape index (κ3) is 4.93. The Morgan fingerprint density at radius 2 is 1.96 bits per heavy atom. The van der Waals surface area contributed by atoms with Crippen molar-refractivity contribution >= 4 is 12.6 Å². The van der Waals surface area contributed by atoms with Crippen molar-refractivity contribution in [1.29, 1.82) is 0 Å². The quantitative estimate of drug-likeness (QED) is 0.764. The molecule has 1 aromatic rings. The van der Waals surface area contributed by atoms with Crippen LogP contribution in [0.3, 0.4) is 0 Å². The number of thiol groups is 1. The Morgan fingerprint density at radius 1 is 1.33 bits per heavy atom. The van der Waals surface area contributed by atoms with Gasteiger partial charge < -0.3 is 15.4 Å². The normalized spacial score (nSPS) is 17.6. The second kappa shape index (κ2) is 8.30. The third-order valence-electron chi connectivity index (χ3n) is 4.70. The van der Waals surface area contributed by atoms with Crippen LogP contribution >= 0.6 is 12.6 Å². The average Bonchev–Trinajstić information content (AvgIpc) is 2.54. The smallest absolute Gasteiger partial charge is 0.123 e. The van der Waals surface area contributed by atoms with Crippen molar-refractivity contribution in [2.75, 3.05) is 18.8 Å². The van der Waals surface area contributed by atoms with Gasteiger partial charge in [0.15, 0.2) is 0 Å². The van der Waals surface area contributed by atoms with E-state index in [9.17, 15) is 0 Å². The predicted molar refractivity (Wildman–Crippen MR) is 106 cm³/mol. The number of benzene rings is 1. The summed E-state index contributed by atoms with van der Waals surface area (Å²) in [6, 6.07) is 8.42. The summed E-state index contributed by atoms with van der Waals surface area (Å²) >= 11 is 4.26. The van der Waals surface area contributed by atoms with Crippen LogP contribution in [0.1, 0.15) is 45.6 Å². The van der Waals surface area contributed by atoms with E-state index in [0.717, 1.165) is 49.6 Å². The minimum absolute atomic E-state index is 0.0154. The molecule has 24 heavy (non-hydrogen) atoms. The van der Waals surface area contributed by atoms with Crippen molar-refractivity contribution in [2.24, 2.45) is 5.73 Å². The Labute approximate surface area is 152 Å². The highest BCUT2D eigenvalue weighted by molar-refractivity contribution is 7.80. The first-order chi connectivity index (χ1) is 11.3. The highest BCUT2D eigenvalue weighted by Crippen LogP contribution is 2.32. The molecule has 1 fully saturated rings. The standard InChI is InChI=1S/C20H32N2OS/c1-15(18(21)11-14-24)22-12-9-16(10-13-22)23-19-8-6-5-7-17(19)20(2,3)4/h5-8,16,18,24H,1,9-14,21H2,2-4H3. The predicted octanol–water partition coefficient (Wildman–Crippen LogP) is 3.99. The number of hydrogen-bond donors (Lipinski definition) is 2. The van der Waals surface area contributed by atoms with Crippen LogP contribution in [-0.4, -0.2) is 35.9 Å². The number of piperidine rings is 1. The summed E-state index contributed by atoms with van der Waals surface area (Å²) in [5, 5.41) is 0. The summed E-state index contributed by atoms with van der Waals surface area (Å²) < 4.78 is 6.35. The van der Waals surface area contributed by atoms with Gasteiger partial charge in [0.25, 0.3) is 0 Å². The minimum Gasteiger partial charge on any atom is -0.490 e. The molecule has 2 N–H and O–H groups in total. The Hall–Kier alpha value is -1.13. The molecule has 0 amide bonds. The van der Waals surface area contributed by atoms with Crippen LogP contribution in [0.25, 0.3) is 0 Å².